The number of nitro benzene ring substituents is 1. The van der Waals surface area contributed by atoms with Gasteiger partial charge >= 0.3 is 108 Å². The van der Waals surface area contributed by atoms with Crippen molar-refractivity contribution >= 4 is 48.7 Å². The Morgan fingerprint density at radius 2 is 2.00 bits per heavy atom. The summed E-state index contributed by atoms with van der Waals surface area (Å²) in [6, 6.07) is 6.11. The van der Waals surface area contributed by atoms with Crippen molar-refractivity contribution in [1.82, 2.24) is 5.32 Å². The van der Waals surface area contributed by atoms with Gasteiger partial charge in [-0.15, -0.1) is 0 Å². The fraction of sp³-hybridized carbons (Fsp3) is 0. The second kappa shape index (κ2) is 4.75. The maximum atomic E-state index is 11.1. The molecule has 1 aliphatic rings. The number of carbonyl (C=O) groups is 1. The van der Waals surface area contributed by atoms with Gasteiger partial charge in [0.1, 0.15) is 0 Å². The van der Waals surface area contributed by atoms with Crippen molar-refractivity contribution in [2.24, 2.45) is 0 Å². The Bertz CT molecular complexity index is 539. The van der Waals surface area contributed by atoms with Crippen molar-refractivity contribution in [2.45, 2.75) is 0 Å². The molecule has 1 N–H and O–H groups in total. The molecule has 86 valence electrons. The summed E-state index contributed by atoms with van der Waals surface area (Å²) in [7, 11) is 0. The summed E-state index contributed by atoms with van der Waals surface area (Å²) in [4.78, 5) is 21.5. The van der Waals surface area contributed by atoms with E-state index >= 15 is 0 Å². The van der Waals surface area contributed by atoms with Crippen LogP contribution in [0, 0.1) is 10.1 Å². The van der Waals surface area contributed by atoms with E-state index in [1.165, 1.54) is 12.1 Å². The molecule has 1 saturated heterocycles. The predicted molar refractivity (Wildman–Crippen MR) is 68.0 cm³/mol. The molecule has 2 rings (SSSR count). The Balaban J connectivity index is 2.24. The molecule has 0 aliphatic carbocycles. The van der Waals surface area contributed by atoms with E-state index < -0.39 is 4.92 Å². The Morgan fingerprint density at radius 3 is 2.47 bits per heavy atom. The normalized spacial score (nSPS) is 17.3. The van der Waals surface area contributed by atoms with Crippen LogP contribution in [0.4, 0.5) is 10.5 Å². The number of nitrogens with zero attached hydrogens (tertiary/aromatic N) is 1. The van der Waals surface area contributed by atoms with Gasteiger partial charge in [-0.25, -0.2) is 0 Å². The number of hydrogen-bond acceptors (Lipinski definition) is 4. The van der Waals surface area contributed by atoms with E-state index in [9.17, 15) is 14.9 Å². The molecule has 0 bridgehead atoms. The molecule has 17 heavy (non-hydrogen) atoms. The van der Waals surface area contributed by atoms with Gasteiger partial charge in [0.15, 0.2) is 0 Å². The van der Waals surface area contributed by atoms with Gasteiger partial charge in [-0.2, -0.15) is 0 Å². The number of carbonyl (C=O) groups excluding carboxylic acids is 1. The number of hydrogen-bond donors (Lipinski definition) is 1. The molecule has 1 aromatic rings. The van der Waals surface area contributed by atoms with Crippen LogP contribution in [0.2, 0.25) is 0 Å². The minimum absolute atomic E-state index is 0.0425. The van der Waals surface area contributed by atoms with E-state index in [1.54, 1.807) is 18.2 Å². The molecule has 0 saturated carbocycles. The summed E-state index contributed by atoms with van der Waals surface area (Å²) in [6.07, 6.45) is 1.78. The third-order valence-corrected chi connectivity index (χ3v) is 4.40. The topological polar surface area (TPSA) is 72.2 Å². The van der Waals surface area contributed by atoms with Gasteiger partial charge in [0, 0.05) is 0 Å². The number of amides is 1. The standard InChI is InChI=1S/C10H6N2O3SSe/c13-10-11-9(16)8(17-10)5-6-1-3-7(4-2-6)12(14)15/h1-5H,(H,11,13,16). The monoisotopic (exact) mass is 314 g/mol. The van der Waals surface area contributed by atoms with Crippen LogP contribution in [0.15, 0.2) is 28.7 Å². The Hall–Kier alpha value is -1.56. The van der Waals surface area contributed by atoms with Gasteiger partial charge < -0.3 is 0 Å². The first-order valence-electron chi connectivity index (χ1n) is 4.55. The second-order valence-electron chi connectivity index (χ2n) is 3.20. The predicted octanol–water partition coefficient (Wildman–Crippen LogP) is 1.69. The molecular weight excluding hydrogens is 307 g/mol. The summed E-state index contributed by atoms with van der Waals surface area (Å²) < 4.78 is 0.798. The van der Waals surface area contributed by atoms with Crippen LogP contribution in [-0.4, -0.2) is 29.7 Å². The number of nitrogens with one attached hydrogen (secondary N) is 1. The first kappa shape index (κ1) is 11.9. The van der Waals surface area contributed by atoms with Crippen LogP contribution >= 0.6 is 12.2 Å². The van der Waals surface area contributed by atoms with Crippen molar-refractivity contribution in [1.29, 1.82) is 0 Å². The Morgan fingerprint density at radius 1 is 1.35 bits per heavy atom. The summed E-state index contributed by atoms with van der Waals surface area (Å²) >= 11 is 4.68. The van der Waals surface area contributed by atoms with E-state index in [-0.39, 0.29) is 25.4 Å². The van der Waals surface area contributed by atoms with E-state index in [1.807, 2.05) is 0 Å². The molecule has 1 amide bonds. The molecule has 0 spiro atoms. The van der Waals surface area contributed by atoms with Crippen LogP contribution in [0.1, 0.15) is 5.56 Å². The zero-order chi connectivity index (χ0) is 12.4. The second-order valence-corrected chi connectivity index (χ2v) is 5.74. The van der Waals surface area contributed by atoms with Gasteiger partial charge in [0.2, 0.25) is 0 Å². The molecule has 1 aliphatic heterocycles. The SMILES string of the molecule is O=C1NC(=S)C(=Cc2ccc([N+](=O)[O-])cc2)[Se]1. The number of rotatable bonds is 2. The van der Waals surface area contributed by atoms with Gasteiger partial charge in [-0.1, -0.05) is 0 Å². The van der Waals surface area contributed by atoms with Crippen LogP contribution in [0.3, 0.4) is 0 Å². The third-order valence-electron chi connectivity index (χ3n) is 2.04. The average molecular weight is 313 g/mol. The number of nitro groups is 1. The first-order chi connectivity index (χ1) is 8.06. The van der Waals surface area contributed by atoms with Crippen molar-refractivity contribution in [3.8, 4) is 0 Å². The van der Waals surface area contributed by atoms with Gasteiger partial charge in [-0.3, -0.25) is 0 Å². The van der Waals surface area contributed by atoms with E-state index in [4.69, 9.17) is 12.2 Å². The van der Waals surface area contributed by atoms with Crippen LogP contribution < -0.4 is 5.32 Å². The Labute approximate surface area is 108 Å². The van der Waals surface area contributed by atoms with Crippen LogP contribution in [0.25, 0.3) is 6.08 Å². The molecule has 0 unspecified atom stereocenters. The first-order valence-corrected chi connectivity index (χ1v) is 6.68. The molecule has 1 aromatic carbocycles. The third kappa shape index (κ3) is 2.76. The summed E-state index contributed by atoms with van der Waals surface area (Å²) in [6.45, 7) is 0. The van der Waals surface area contributed by atoms with Gasteiger partial charge in [0.05, 0.1) is 0 Å². The van der Waals surface area contributed by atoms with E-state index in [2.05, 4.69) is 5.32 Å². The van der Waals surface area contributed by atoms with Gasteiger partial charge in [0.25, 0.3) is 0 Å². The zero-order valence-electron chi connectivity index (χ0n) is 8.38. The maximum absolute atomic E-state index is 11.1. The molecule has 5 nitrogen and oxygen atoms in total. The molecule has 1 fully saturated rings. The number of benzene rings is 1. The van der Waals surface area contributed by atoms with Crippen LogP contribution in [-0.2, 0) is 0 Å². The summed E-state index contributed by atoms with van der Waals surface area (Å²) in [5, 5.41) is 13.0. The molecule has 0 radical (unpaired) electrons. The van der Waals surface area contributed by atoms with E-state index in [0.29, 0.717) is 4.99 Å². The van der Waals surface area contributed by atoms with Crippen molar-refractivity contribution in [3.05, 3.63) is 44.4 Å². The summed E-state index contributed by atoms with van der Waals surface area (Å²) in [5.41, 5.74) is 0.840. The average Bonchev–Trinajstić information content (AvgIpc) is 2.58. The van der Waals surface area contributed by atoms with Crippen molar-refractivity contribution in [3.63, 3.8) is 0 Å². The minimum atomic E-state index is -0.452. The summed E-state index contributed by atoms with van der Waals surface area (Å²) in [5.74, 6) is 0. The Kier molecular flexibility index (Phi) is 3.33. The number of thiocarbonyl (C=S) groups is 1. The molecular formula is C10H6N2O3SSe. The van der Waals surface area contributed by atoms with Crippen LogP contribution in [0.5, 0.6) is 0 Å². The van der Waals surface area contributed by atoms with Crippen molar-refractivity contribution < 1.29 is 9.72 Å². The van der Waals surface area contributed by atoms with Gasteiger partial charge in [-0.05, 0) is 0 Å². The number of non-ortho nitro benzene ring substituents is 1. The fourth-order valence-corrected chi connectivity index (χ4v) is 3.23. The fourth-order valence-electron chi connectivity index (χ4n) is 1.26. The molecule has 0 aromatic heterocycles. The molecule has 1 heterocycles. The molecule has 7 heteroatoms. The van der Waals surface area contributed by atoms with E-state index in [0.717, 1.165) is 10.0 Å². The quantitative estimate of drug-likeness (QED) is 0.296. The molecule has 0 atom stereocenters. The van der Waals surface area contributed by atoms with Crippen molar-refractivity contribution in [2.75, 3.05) is 0 Å². The zero-order valence-corrected chi connectivity index (χ0v) is 10.9.